The van der Waals surface area contributed by atoms with Crippen LogP contribution in [0.15, 0.2) is 33.8 Å². The Morgan fingerprint density at radius 1 is 1.24 bits per heavy atom. The Morgan fingerprint density at radius 3 is 2.76 bits per heavy atom. The van der Waals surface area contributed by atoms with E-state index in [1.54, 1.807) is 23.0 Å². The molecule has 9 nitrogen and oxygen atoms in total. The second-order valence-electron chi connectivity index (χ2n) is 6.51. The molecule has 1 aliphatic heterocycles. The molecule has 0 amide bonds. The van der Waals surface area contributed by atoms with Crippen LogP contribution in [0.1, 0.15) is 17.1 Å². The fourth-order valence-corrected chi connectivity index (χ4v) is 3.19. The lowest BCUT2D eigenvalue weighted by Gasteiger charge is -2.38. The Balaban J connectivity index is 1.44. The third kappa shape index (κ3) is 3.22. The summed E-state index contributed by atoms with van der Waals surface area (Å²) in [7, 11) is 0. The third-order valence-electron chi connectivity index (χ3n) is 4.34. The summed E-state index contributed by atoms with van der Waals surface area (Å²) < 4.78 is 7.89. The number of hydrogen-bond acceptors (Lipinski definition) is 7. The number of hydrogen-bond donors (Lipinski definition) is 0. The molecule has 0 bridgehead atoms. The highest BCUT2D eigenvalue weighted by Crippen LogP contribution is 2.19. The SMILES string of the molecule is Cc1cc(C)n(-c2ccc(=O)n(CC3CN(Cc4cnon4)C3)n2)n1. The average molecular weight is 341 g/mol. The van der Waals surface area contributed by atoms with E-state index in [0.717, 1.165) is 30.2 Å². The summed E-state index contributed by atoms with van der Waals surface area (Å²) in [5.74, 6) is 1.05. The molecule has 1 saturated heterocycles. The summed E-state index contributed by atoms with van der Waals surface area (Å²) in [6, 6.07) is 5.25. The van der Waals surface area contributed by atoms with Gasteiger partial charge >= 0.3 is 0 Å². The van der Waals surface area contributed by atoms with Gasteiger partial charge in [-0.05, 0) is 26.0 Å². The zero-order chi connectivity index (χ0) is 17.4. The van der Waals surface area contributed by atoms with Gasteiger partial charge in [0.25, 0.3) is 5.56 Å². The molecule has 25 heavy (non-hydrogen) atoms. The van der Waals surface area contributed by atoms with Crippen LogP contribution < -0.4 is 5.56 Å². The van der Waals surface area contributed by atoms with E-state index >= 15 is 0 Å². The second-order valence-corrected chi connectivity index (χ2v) is 6.51. The van der Waals surface area contributed by atoms with E-state index in [-0.39, 0.29) is 5.56 Å². The molecule has 0 spiro atoms. The van der Waals surface area contributed by atoms with Gasteiger partial charge in [0.15, 0.2) is 5.82 Å². The quantitative estimate of drug-likeness (QED) is 0.669. The molecule has 0 unspecified atom stereocenters. The molecule has 3 aromatic rings. The first-order valence-electron chi connectivity index (χ1n) is 8.19. The highest BCUT2D eigenvalue weighted by Gasteiger charge is 2.28. The Hall–Kier alpha value is -2.81. The number of aromatic nitrogens is 6. The molecular weight excluding hydrogens is 322 g/mol. The zero-order valence-electron chi connectivity index (χ0n) is 14.2. The zero-order valence-corrected chi connectivity index (χ0v) is 14.2. The van der Waals surface area contributed by atoms with Crippen molar-refractivity contribution in [2.24, 2.45) is 5.92 Å². The summed E-state index contributed by atoms with van der Waals surface area (Å²) in [4.78, 5) is 14.4. The lowest BCUT2D eigenvalue weighted by Crippen LogP contribution is -2.49. The molecule has 4 heterocycles. The summed E-state index contributed by atoms with van der Waals surface area (Å²) in [5.41, 5.74) is 2.64. The Bertz CT molecular complexity index is 922. The van der Waals surface area contributed by atoms with Crippen LogP contribution in [-0.4, -0.2) is 47.9 Å². The predicted octanol–water partition coefficient (Wildman–Crippen LogP) is 0.561. The van der Waals surface area contributed by atoms with Crippen molar-refractivity contribution < 1.29 is 4.63 Å². The van der Waals surface area contributed by atoms with E-state index in [2.05, 4.69) is 30.0 Å². The molecule has 9 heteroatoms. The molecule has 130 valence electrons. The van der Waals surface area contributed by atoms with Crippen LogP contribution in [0.3, 0.4) is 0 Å². The van der Waals surface area contributed by atoms with E-state index in [0.29, 0.717) is 24.8 Å². The topological polar surface area (TPSA) is 94.9 Å². The largest absolute Gasteiger partial charge is 0.297 e. The van der Waals surface area contributed by atoms with Crippen molar-refractivity contribution in [1.29, 1.82) is 0 Å². The van der Waals surface area contributed by atoms with E-state index in [1.807, 2.05) is 19.9 Å². The van der Waals surface area contributed by atoms with Crippen LogP contribution >= 0.6 is 0 Å². The number of likely N-dealkylation sites (tertiary alicyclic amines) is 1. The van der Waals surface area contributed by atoms with Crippen LogP contribution in [0.5, 0.6) is 0 Å². The van der Waals surface area contributed by atoms with Crippen molar-refractivity contribution >= 4 is 0 Å². The van der Waals surface area contributed by atoms with Gasteiger partial charge in [-0.3, -0.25) is 9.69 Å². The van der Waals surface area contributed by atoms with Crippen LogP contribution in [-0.2, 0) is 13.1 Å². The van der Waals surface area contributed by atoms with Gasteiger partial charge in [0, 0.05) is 37.3 Å². The summed E-state index contributed by atoms with van der Waals surface area (Å²) in [6.45, 7) is 7.01. The molecule has 0 atom stereocenters. The first kappa shape index (κ1) is 15.7. The Kier molecular flexibility index (Phi) is 3.92. The predicted molar refractivity (Wildman–Crippen MR) is 88.2 cm³/mol. The molecule has 0 aliphatic carbocycles. The molecule has 1 aliphatic rings. The molecule has 0 saturated carbocycles. The third-order valence-corrected chi connectivity index (χ3v) is 4.34. The van der Waals surface area contributed by atoms with E-state index in [1.165, 1.54) is 4.68 Å². The van der Waals surface area contributed by atoms with E-state index in [4.69, 9.17) is 0 Å². The second kappa shape index (κ2) is 6.25. The van der Waals surface area contributed by atoms with Crippen molar-refractivity contribution in [2.75, 3.05) is 13.1 Å². The van der Waals surface area contributed by atoms with Gasteiger partial charge in [-0.2, -0.15) is 5.10 Å². The minimum Gasteiger partial charge on any atom is -0.297 e. The maximum atomic E-state index is 12.1. The highest BCUT2D eigenvalue weighted by molar-refractivity contribution is 5.23. The van der Waals surface area contributed by atoms with Gasteiger partial charge in [0.05, 0.1) is 18.4 Å². The van der Waals surface area contributed by atoms with E-state index in [9.17, 15) is 4.79 Å². The number of rotatable bonds is 5. The van der Waals surface area contributed by atoms with Crippen molar-refractivity contribution in [3.63, 3.8) is 0 Å². The maximum absolute atomic E-state index is 12.1. The van der Waals surface area contributed by atoms with Gasteiger partial charge in [-0.15, -0.1) is 5.10 Å². The van der Waals surface area contributed by atoms with Crippen molar-refractivity contribution in [3.05, 3.63) is 51.8 Å². The lowest BCUT2D eigenvalue weighted by atomic mass is 10.00. The summed E-state index contributed by atoms with van der Waals surface area (Å²) in [6.07, 6.45) is 1.62. The first-order valence-corrected chi connectivity index (χ1v) is 8.19. The summed E-state index contributed by atoms with van der Waals surface area (Å²) in [5, 5.41) is 16.3. The molecule has 1 fully saturated rings. The van der Waals surface area contributed by atoms with Gasteiger partial charge in [-0.1, -0.05) is 10.3 Å². The van der Waals surface area contributed by atoms with Crippen LogP contribution in [0, 0.1) is 19.8 Å². The molecule has 3 aromatic heterocycles. The molecule has 0 N–H and O–H groups in total. The summed E-state index contributed by atoms with van der Waals surface area (Å²) >= 11 is 0. The Labute approximate surface area is 143 Å². The van der Waals surface area contributed by atoms with Crippen LogP contribution in [0.4, 0.5) is 0 Å². The van der Waals surface area contributed by atoms with Crippen LogP contribution in [0.2, 0.25) is 0 Å². The molecular formula is C16H19N7O2. The first-order chi connectivity index (χ1) is 12.1. The number of aryl methyl sites for hydroxylation is 2. The van der Waals surface area contributed by atoms with E-state index < -0.39 is 0 Å². The Morgan fingerprint density at radius 2 is 2.08 bits per heavy atom. The van der Waals surface area contributed by atoms with Crippen molar-refractivity contribution in [2.45, 2.75) is 26.9 Å². The molecule has 0 aromatic carbocycles. The van der Waals surface area contributed by atoms with Gasteiger partial charge in [0.1, 0.15) is 5.69 Å². The monoisotopic (exact) mass is 341 g/mol. The normalized spacial score (nSPS) is 15.4. The smallest absolute Gasteiger partial charge is 0.266 e. The van der Waals surface area contributed by atoms with Crippen molar-refractivity contribution in [1.82, 2.24) is 34.8 Å². The van der Waals surface area contributed by atoms with Gasteiger partial charge in [-0.25, -0.2) is 14.0 Å². The highest BCUT2D eigenvalue weighted by atomic mass is 16.6. The minimum absolute atomic E-state index is 0.0931. The number of nitrogens with zero attached hydrogens (tertiary/aromatic N) is 7. The van der Waals surface area contributed by atoms with Gasteiger partial charge < -0.3 is 0 Å². The fourth-order valence-electron chi connectivity index (χ4n) is 3.19. The molecule has 0 radical (unpaired) electrons. The maximum Gasteiger partial charge on any atom is 0.266 e. The fraction of sp³-hybridized carbons (Fsp3) is 0.438. The van der Waals surface area contributed by atoms with Gasteiger partial charge in [0.2, 0.25) is 0 Å². The minimum atomic E-state index is -0.0931. The van der Waals surface area contributed by atoms with Crippen LogP contribution in [0.25, 0.3) is 5.82 Å². The standard InChI is InChI=1S/C16H19N7O2/c1-11-5-12(2)23(18-11)15-3-4-16(24)22(19-15)9-13-7-21(8-13)10-14-6-17-25-20-14/h3-6,13H,7-10H2,1-2H3. The van der Waals surface area contributed by atoms with Crippen molar-refractivity contribution in [3.8, 4) is 5.82 Å². The molecule has 4 rings (SSSR count). The lowest BCUT2D eigenvalue weighted by molar-refractivity contribution is 0.0741. The average Bonchev–Trinajstić information content (AvgIpc) is 3.16.